The van der Waals surface area contributed by atoms with Gasteiger partial charge in [-0.25, -0.2) is 0 Å². The number of methoxy groups -OCH3 is 1. The summed E-state index contributed by atoms with van der Waals surface area (Å²) in [5, 5.41) is 3.39. The van der Waals surface area contributed by atoms with Crippen LogP contribution >= 0.6 is 0 Å². The van der Waals surface area contributed by atoms with Crippen molar-refractivity contribution in [1.82, 2.24) is 5.32 Å². The Morgan fingerprint density at radius 1 is 1.39 bits per heavy atom. The lowest BCUT2D eigenvalue weighted by Crippen LogP contribution is -2.29. The van der Waals surface area contributed by atoms with Crippen LogP contribution < -0.4 is 15.8 Å². The van der Waals surface area contributed by atoms with Gasteiger partial charge in [0.1, 0.15) is 5.75 Å². The number of rotatable bonds is 4. The van der Waals surface area contributed by atoms with Gasteiger partial charge >= 0.3 is 0 Å². The Morgan fingerprint density at radius 2 is 2.11 bits per heavy atom. The van der Waals surface area contributed by atoms with Gasteiger partial charge in [0.2, 0.25) is 0 Å². The molecule has 1 unspecified atom stereocenters. The topological polar surface area (TPSA) is 47.3 Å². The van der Waals surface area contributed by atoms with Crippen LogP contribution in [0.2, 0.25) is 0 Å². The standard InChI is InChI=1S/C15H24N2O/c1-11-9-13(3-4-15(11)18-2)14(16)10-12-5-7-17-8-6-12/h3-4,9,12,14,17H,5-8,10,16H2,1-2H3. The van der Waals surface area contributed by atoms with E-state index < -0.39 is 0 Å². The number of hydrogen-bond acceptors (Lipinski definition) is 3. The van der Waals surface area contributed by atoms with Crippen molar-refractivity contribution in [1.29, 1.82) is 0 Å². The average Bonchev–Trinajstić information content (AvgIpc) is 2.39. The van der Waals surface area contributed by atoms with Crippen LogP contribution in [-0.2, 0) is 0 Å². The molecule has 1 aromatic rings. The Balaban J connectivity index is 1.99. The minimum atomic E-state index is 0.151. The quantitative estimate of drug-likeness (QED) is 0.860. The summed E-state index contributed by atoms with van der Waals surface area (Å²) in [6.45, 7) is 4.34. The zero-order valence-corrected chi connectivity index (χ0v) is 11.4. The number of piperidine rings is 1. The highest BCUT2D eigenvalue weighted by atomic mass is 16.5. The molecule has 1 heterocycles. The molecule has 0 aromatic heterocycles. The van der Waals surface area contributed by atoms with E-state index in [9.17, 15) is 0 Å². The summed E-state index contributed by atoms with van der Waals surface area (Å²) in [5.74, 6) is 1.71. The first-order chi connectivity index (χ1) is 8.70. The number of benzene rings is 1. The second-order valence-corrected chi connectivity index (χ2v) is 5.26. The van der Waals surface area contributed by atoms with Gasteiger partial charge in [0.25, 0.3) is 0 Å². The zero-order valence-electron chi connectivity index (χ0n) is 11.4. The molecule has 0 spiro atoms. The summed E-state index contributed by atoms with van der Waals surface area (Å²) in [6.07, 6.45) is 3.60. The summed E-state index contributed by atoms with van der Waals surface area (Å²) in [7, 11) is 1.71. The second kappa shape index (κ2) is 6.21. The highest BCUT2D eigenvalue weighted by Gasteiger charge is 2.17. The molecule has 0 amide bonds. The van der Waals surface area contributed by atoms with Crippen LogP contribution in [0.25, 0.3) is 0 Å². The number of nitrogens with one attached hydrogen (secondary N) is 1. The molecule has 1 fully saturated rings. The van der Waals surface area contributed by atoms with Gasteiger partial charge in [0.15, 0.2) is 0 Å². The van der Waals surface area contributed by atoms with Gasteiger partial charge in [0, 0.05) is 6.04 Å². The monoisotopic (exact) mass is 248 g/mol. The molecule has 18 heavy (non-hydrogen) atoms. The van der Waals surface area contributed by atoms with E-state index >= 15 is 0 Å². The van der Waals surface area contributed by atoms with Gasteiger partial charge in [-0.15, -0.1) is 0 Å². The Hall–Kier alpha value is -1.06. The predicted octanol–water partition coefficient (Wildman–Crippen LogP) is 2.39. The lowest BCUT2D eigenvalue weighted by molar-refractivity contribution is 0.332. The maximum Gasteiger partial charge on any atom is 0.121 e. The van der Waals surface area contributed by atoms with E-state index in [1.54, 1.807) is 7.11 Å². The lowest BCUT2D eigenvalue weighted by Gasteiger charge is -2.25. The molecule has 100 valence electrons. The van der Waals surface area contributed by atoms with E-state index in [4.69, 9.17) is 10.5 Å². The van der Waals surface area contributed by atoms with Gasteiger partial charge in [-0.05, 0) is 62.4 Å². The molecule has 0 radical (unpaired) electrons. The molecule has 3 heteroatoms. The number of ether oxygens (including phenoxy) is 1. The second-order valence-electron chi connectivity index (χ2n) is 5.26. The van der Waals surface area contributed by atoms with Gasteiger partial charge in [-0.1, -0.05) is 12.1 Å². The van der Waals surface area contributed by atoms with Gasteiger partial charge < -0.3 is 15.8 Å². The summed E-state index contributed by atoms with van der Waals surface area (Å²) >= 11 is 0. The van der Waals surface area contributed by atoms with E-state index in [2.05, 4.69) is 24.4 Å². The maximum atomic E-state index is 6.33. The maximum absolute atomic E-state index is 6.33. The first-order valence-corrected chi connectivity index (χ1v) is 6.81. The van der Waals surface area contributed by atoms with Crippen molar-refractivity contribution in [2.24, 2.45) is 11.7 Å². The van der Waals surface area contributed by atoms with Gasteiger partial charge in [0.05, 0.1) is 7.11 Å². The van der Waals surface area contributed by atoms with Crippen molar-refractivity contribution in [3.8, 4) is 5.75 Å². The SMILES string of the molecule is COc1ccc(C(N)CC2CCNCC2)cc1C. The van der Waals surface area contributed by atoms with Crippen LogP contribution in [0.3, 0.4) is 0 Å². The third-order valence-electron chi connectivity index (χ3n) is 3.89. The highest BCUT2D eigenvalue weighted by molar-refractivity contribution is 5.37. The fourth-order valence-corrected chi connectivity index (χ4v) is 2.74. The van der Waals surface area contributed by atoms with Crippen molar-refractivity contribution >= 4 is 0 Å². The first kappa shape index (κ1) is 13.4. The van der Waals surface area contributed by atoms with E-state index in [1.807, 2.05) is 6.07 Å². The van der Waals surface area contributed by atoms with Crippen LogP contribution in [0.4, 0.5) is 0 Å². The van der Waals surface area contributed by atoms with Gasteiger partial charge in [-0.2, -0.15) is 0 Å². The Labute approximate surface area is 110 Å². The van der Waals surface area contributed by atoms with E-state index in [-0.39, 0.29) is 6.04 Å². The minimum Gasteiger partial charge on any atom is -0.496 e. The third kappa shape index (κ3) is 3.24. The van der Waals surface area contributed by atoms with E-state index in [1.165, 1.54) is 18.4 Å². The Bertz CT molecular complexity index is 386. The summed E-state index contributed by atoms with van der Waals surface area (Å²) in [5.41, 5.74) is 8.72. The normalized spacial score (nSPS) is 18.6. The summed E-state index contributed by atoms with van der Waals surface area (Å²) in [4.78, 5) is 0. The number of hydrogen-bond donors (Lipinski definition) is 2. The minimum absolute atomic E-state index is 0.151. The molecule has 0 bridgehead atoms. The fourth-order valence-electron chi connectivity index (χ4n) is 2.74. The molecule has 1 aromatic carbocycles. The van der Waals surface area contributed by atoms with E-state index in [0.29, 0.717) is 0 Å². The lowest BCUT2D eigenvalue weighted by atomic mass is 9.88. The summed E-state index contributed by atoms with van der Waals surface area (Å²) < 4.78 is 5.28. The average molecular weight is 248 g/mol. The highest BCUT2D eigenvalue weighted by Crippen LogP contribution is 2.27. The number of nitrogens with two attached hydrogens (primary N) is 1. The molecular weight excluding hydrogens is 224 g/mol. The predicted molar refractivity (Wildman–Crippen MR) is 74.9 cm³/mol. The van der Waals surface area contributed by atoms with Crippen molar-refractivity contribution in [2.45, 2.75) is 32.2 Å². The molecule has 1 aliphatic rings. The largest absolute Gasteiger partial charge is 0.496 e. The van der Waals surface area contributed by atoms with E-state index in [0.717, 1.165) is 36.7 Å². The molecular formula is C15H24N2O. The molecule has 0 aliphatic carbocycles. The Morgan fingerprint density at radius 3 is 2.72 bits per heavy atom. The molecule has 0 saturated carbocycles. The molecule has 3 nitrogen and oxygen atoms in total. The molecule has 1 saturated heterocycles. The smallest absolute Gasteiger partial charge is 0.121 e. The Kier molecular flexibility index (Phi) is 4.61. The molecule has 1 aliphatic heterocycles. The van der Waals surface area contributed by atoms with Crippen LogP contribution in [0.5, 0.6) is 5.75 Å². The molecule has 3 N–H and O–H groups in total. The third-order valence-corrected chi connectivity index (χ3v) is 3.89. The van der Waals surface area contributed by atoms with Gasteiger partial charge in [-0.3, -0.25) is 0 Å². The molecule has 2 rings (SSSR count). The van der Waals surface area contributed by atoms with Crippen molar-refractivity contribution in [3.63, 3.8) is 0 Å². The molecule has 1 atom stereocenters. The van der Waals surface area contributed by atoms with Crippen molar-refractivity contribution in [3.05, 3.63) is 29.3 Å². The summed E-state index contributed by atoms with van der Waals surface area (Å²) in [6, 6.07) is 6.42. The van der Waals surface area contributed by atoms with Crippen LogP contribution in [-0.4, -0.2) is 20.2 Å². The first-order valence-electron chi connectivity index (χ1n) is 6.81. The van der Waals surface area contributed by atoms with Crippen LogP contribution in [0.1, 0.15) is 36.4 Å². The van der Waals surface area contributed by atoms with Crippen molar-refractivity contribution in [2.75, 3.05) is 20.2 Å². The van der Waals surface area contributed by atoms with Crippen LogP contribution in [0.15, 0.2) is 18.2 Å². The fraction of sp³-hybridized carbons (Fsp3) is 0.600. The van der Waals surface area contributed by atoms with Crippen LogP contribution in [0, 0.1) is 12.8 Å². The number of aryl methyl sites for hydroxylation is 1. The van der Waals surface area contributed by atoms with Crippen molar-refractivity contribution < 1.29 is 4.74 Å². The zero-order chi connectivity index (χ0) is 13.0.